The van der Waals surface area contributed by atoms with Crippen LogP contribution in [0.25, 0.3) is 0 Å². The second kappa shape index (κ2) is 3.51. The first-order valence-corrected chi connectivity index (χ1v) is 7.79. The van der Waals surface area contributed by atoms with Gasteiger partial charge in [0, 0.05) is 0 Å². The average molecular weight is 252 g/mol. The van der Waals surface area contributed by atoms with E-state index in [1.165, 1.54) is 8.86 Å². The fourth-order valence-corrected chi connectivity index (χ4v) is 4.26. The van der Waals surface area contributed by atoms with Crippen LogP contribution in [0.3, 0.4) is 0 Å². The molecule has 0 aromatic heterocycles. The molecule has 10 heavy (non-hydrogen) atoms. The molecular weight excluding hydrogens is 239 g/mol. The van der Waals surface area contributed by atoms with Crippen molar-refractivity contribution in [2.45, 2.75) is 13.8 Å². The Hall–Kier alpha value is 0.140. The van der Waals surface area contributed by atoms with E-state index in [1.54, 1.807) is 6.92 Å². The van der Waals surface area contributed by atoms with Crippen molar-refractivity contribution in [2.24, 2.45) is 5.92 Å². The Morgan fingerprint density at radius 1 is 1.60 bits per heavy atom. The molecule has 1 aliphatic heterocycles. The standard InChI is InChI=1S/C8H13IO/c1-7(8(2)10)3-4-9-5-6-9/h3-4,7H,5-6H2,1-2H3/b4-3-. The van der Waals surface area contributed by atoms with Crippen molar-refractivity contribution in [1.29, 1.82) is 0 Å². The van der Waals surface area contributed by atoms with Crippen LogP contribution in [-0.2, 0) is 4.79 Å². The molecule has 0 saturated carbocycles. The van der Waals surface area contributed by atoms with Crippen molar-refractivity contribution in [1.82, 2.24) is 0 Å². The number of carbonyl (C=O) groups excluding carboxylic acids is 1. The third kappa shape index (κ3) is 2.82. The molecule has 1 heterocycles. The summed E-state index contributed by atoms with van der Waals surface area (Å²) < 4.78 is 5.28. The van der Waals surface area contributed by atoms with Crippen molar-refractivity contribution in [3.8, 4) is 0 Å². The summed E-state index contributed by atoms with van der Waals surface area (Å²) in [6, 6.07) is 0. The Morgan fingerprint density at radius 3 is 2.60 bits per heavy atom. The van der Waals surface area contributed by atoms with E-state index in [2.05, 4.69) is 10.2 Å². The molecule has 0 spiro atoms. The minimum atomic E-state index is -0.497. The number of hydrogen-bond acceptors (Lipinski definition) is 1. The van der Waals surface area contributed by atoms with Gasteiger partial charge >= 0.3 is 69.2 Å². The number of allylic oxidation sites excluding steroid dienone is 1. The molecule has 1 atom stereocenters. The van der Waals surface area contributed by atoms with Crippen LogP contribution < -0.4 is 0 Å². The SMILES string of the molecule is CC(=O)C(C)/C=C\I1CC1. The van der Waals surface area contributed by atoms with Crippen LogP contribution in [0.4, 0.5) is 0 Å². The van der Waals surface area contributed by atoms with Gasteiger partial charge in [0.2, 0.25) is 0 Å². The van der Waals surface area contributed by atoms with Gasteiger partial charge in [-0.15, -0.1) is 0 Å². The van der Waals surface area contributed by atoms with Crippen LogP contribution in [0, 0.1) is 5.92 Å². The second-order valence-corrected chi connectivity index (χ2v) is 8.31. The maximum absolute atomic E-state index is 10.7. The number of alkyl halides is 2. The summed E-state index contributed by atoms with van der Waals surface area (Å²) >= 11 is -0.497. The molecule has 58 valence electrons. The Kier molecular flexibility index (Phi) is 2.89. The van der Waals surface area contributed by atoms with Crippen molar-refractivity contribution in [3.05, 3.63) is 10.2 Å². The van der Waals surface area contributed by atoms with Crippen LogP contribution in [0.2, 0.25) is 0 Å². The summed E-state index contributed by atoms with van der Waals surface area (Å²) in [7, 11) is 0. The Balaban J connectivity index is 2.27. The first-order valence-electron chi connectivity index (χ1n) is 3.49. The van der Waals surface area contributed by atoms with Crippen molar-refractivity contribution in [2.75, 3.05) is 8.86 Å². The molecule has 1 unspecified atom stereocenters. The van der Waals surface area contributed by atoms with Gasteiger partial charge in [-0.1, -0.05) is 0 Å². The van der Waals surface area contributed by atoms with Crippen LogP contribution >= 0.6 is 19.8 Å². The van der Waals surface area contributed by atoms with Gasteiger partial charge in [0.15, 0.2) is 0 Å². The summed E-state index contributed by atoms with van der Waals surface area (Å²) in [5.41, 5.74) is 0. The number of rotatable bonds is 3. The second-order valence-electron chi connectivity index (χ2n) is 2.59. The van der Waals surface area contributed by atoms with Gasteiger partial charge in [-0.25, -0.2) is 0 Å². The maximum atomic E-state index is 10.7. The number of carbonyl (C=O) groups is 1. The Morgan fingerprint density at radius 2 is 2.20 bits per heavy atom. The fourth-order valence-electron chi connectivity index (χ4n) is 0.515. The van der Waals surface area contributed by atoms with Gasteiger partial charge in [0.05, 0.1) is 0 Å². The molecule has 2 heteroatoms. The van der Waals surface area contributed by atoms with Gasteiger partial charge in [0.25, 0.3) is 0 Å². The molecule has 0 aliphatic carbocycles. The molecule has 0 aromatic carbocycles. The molecule has 1 aliphatic rings. The molecule has 1 saturated heterocycles. The van der Waals surface area contributed by atoms with Gasteiger partial charge < -0.3 is 0 Å². The Bertz CT molecular complexity index is 159. The minimum absolute atomic E-state index is 0.165. The zero-order chi connectivity index (χ0) is 7.56. The molecule has 1 fully saturated rings. The fraction of sp³-hybridized carbons (Fsp3) is 0.625. The van der Waals surface area contributed by atoms with Crippen LogP contribution in [0.1, 0.15) is 13.8 Å². The molecule has 1 rings (SSSR count). The van der Waals surface area contributed by atoms with E-state index in [9.17, 15) is 4.79 Å². The average Bonchev–Trinajstić information content (AvgIpc) is 2.64. The Labute approximate surface area is 69.3 Å². The zero-order valence-corrected chi connectivity index (χ0v) is 8.59. The van der Waals surface area contributed by atoms with E-state index in [0.717, 1.165) is 0 Å². The van der Waals surface area contributed by atoms with Gasteiger partial charge in [0.1, 0.15) is 0 Å². The van der Waals surface area contributed by atoms with E-state index >= 15 is 0 Å². The van der Waals surface area contributed by atoms with Crippen LogP contribution in [-0.4, -0.2) is 14.6 Å². The molecule has 1 nitrogen and oxygen atoms in total. The molecule has 0 bridgehead atoms. The number of ketones is 1. The quantitative estimate of drug-likeness (QED) is 0.556. The predicted octanol–water partition coefficient (Wildman–Crippen LogP) is 2.25. The van der Waals surface area contributed by atoms with Gasteiger partial charge in [-0.3, -0.25) is 0 Å². The monoisotopic (exact) mass is 252 g/mol. The summed E-state index contributed by atoms with van der Waals surface area (Å²) in [4.78, 5) is 10.7. The predicted molar refractivity (Wildman–Crippen MR) is 52.7 cm³/mol. The van der Waals surface area contributed by atoms with E-state index in [0.29, 0.717) is 0 Å². The summed E-state index contributed by atoms with van der Waals surface area (Å²) in [5, 5.41) is 0. The molecular formula is C8H13IO. The topological polar surface area (TPSA) is 17.1 Å². The number of Topliss-reactive ketones (excluding diaryl/α,β-unsaturated/α-hetero) is 1. The van der Waals surface area contributed by atoms with Crippen LogP contribution in [0.5, 0.6) is 0 Å². The third-order valence-electron chi connectivity index (χ3n) is 1.59. The summed E-state index contributed by atoms with van der Waals surface area (Å²) in [5.74, 6) is 0.451. The van der Waals surface area contributed by atoms with Crippen molar-refractivity contribution >= 4 is 25.6 Å². The summed E-state index contributed by atoms with van der Waals surface area (Å²) in [6.45, 7) is 3.63. The van der Waals surface area contributed by atoms with Gasteiger partial charge in [-0.2, -0.15) is 0 Å². The van der Waals surface area contributed by atoms with Crippen LogP contribution in [0.15, 0.2) is 10.2 Å². The van der Waals surface area contributed by atoms with Crippen molar-refractivity contribution < 1.29 is 4.79 Å². The van der Waals surface area contributed by atoms with E-state index in [-0.39, 0.29) is 11.7 Å². The molecule has 0 aromatic rings. The normalized spacial score (nSPS) is 23.2. The zero-order valence-electron chi connectivity index (χ0n) is 6.43. The van der Waals surface area contributed by atoms with E-state index in [1.807, 2.05) is 6.92 Å². The first-order chi connectivity index (χ1) is 4.70. The summed E-state index contributed by atoms with van der Waals surface area (Å²) in [6.07, 6.45) is 2.10. The van der Waals surface area contributed by atoms with E-state index < -0.39 is 19.8 Å². The number of halogens is 1. The number of hydrogen-bond donors (Lipinski definition) is 0. The van der Waals surface area contributed by atoms with Gasteiger partial charge in [-0.05, 0) is 0 Å². The molecule has 0 N–H and O–H groups in total. The van der Waals surface area contributed by atoms with Crippen molar-refractivity contribution in [3.63, 3.8) is 0 Å². The third-order valence-corrected chi connectivity index (χ3v) is 5.34. The first kappa shape index (κ1) is 8.24. The molecule has 0 amide bonds. The van der Waals surface area contributed by atoms with E-state index in [4.69, 9.17) is 0 Å². The molecule has 0 radical (unpaired) electrons.